The molecule has 5 heterocycles. The number of thioether (sulfide) groups is 1. The van der Waals surface area contributed by atoms with Crippen molar-refractivity contribution in [1.82, 2.24) is 24.9 Å². The van der Waals surface area contributed by atoms with Crippen LogP contribution in [0.25, 0.3) is 22.3 Å². The van der Waals surface area contributed by atoms with Crippen molar-refractivity contribution in [1.29, 1.82) is 0 Å². The first kappa shape index (κ1) is 47.2. The van der Waals surface area contributed by atoms with Crippen LogP contribution in [-0.4, -0.2) is 81.9 Å². The van der Waals surface area contributed by atoms with Crippen LogP contribution in [0.4, 0.5) is 31.4 Å². The maximum Gasteiger partial charge on any atom is 0.425 e. The topological polar surface area (TPSA) is 154 Å². The van der Waals surface area contributed by atoms with Gasteiger partial charge in [0, 0.05) is 24.8 Å². The number of ether oxygens (including phenoxy) is 5. The number of hydrogen-bond donors (Lipinski definition) is 0. The number of anilines is 3. The number of methoxy groups -OCH3 is 2. The van der Waals surface area contributed by atoms with Crippen LogP contribution in [0, 0.1) is 12.7 Å². The Kier molecular flexibility index (Phi) is 13.9. The molecule has 1 atom stereocenters. The third kappa shape index (κ3) is 10.7. The van der Waals surface area contributed by atoms with E-state index in [1.807, 2.05) is 79.6 Å². The Morgan fingerprint density at radius 2 is 1.44 bits per heavy atom. The maximum absolute atomic E-state index is 17.5. The first-order chi connectivity index (χ1) is 31.4. The molecule has 0 aliphatic carbocycles. The summed E-state index contributed by atoms with van der Waals surface area (Å²) in [6.45, 7) is 15.4. The third-order valence-corrected chi connectivity index (χ3v) is 11.0. The quantitative estimate of drug-likeness (QED) is 0.0844. The number of pyridine rings is 3. The van der Waals surface area contributed by atoms with E-state index in [0.717, 1.165) is 33.1 Å². The fourth-order valence-corrected chi connectivity index (χ4v) is 7.77. The molecule has 66 heavy (non-hydrogen) atoms. The van der Waals surface area contributed by atoms with Crippen molar-refractivity contribution in [2.45, 2.75) is 90.9 Å². The Hall–Kier alpha value is -6.75. The number of carbonyl (C=O) groups is 2. The second-order valence-electron chi connectivity index (χ2n) is 17.7. The highest BCUT2D eigenvalue weighted by Crippen LogP contribution is 2.43. The standard InChI is InChI=1S/C49H55FN8O7S/c1-29-25-36(52-37(26-29)56(27-31-14-18-33(61-9)19-15-31)28-32-16-20-34(62-10)21-17-32)40-39(50)41-38-43(55-45(54-41)66-11)57(23-24-63-44(38)53-40)30(2)35-13-12-22-51-42(35)58(46(59)64-48(3,4)5)47(60)65-49(6,7)8/h12-22,25-26,30H,23-24,27-28H2,1-11H3. The Morgan fingerprint density at radius 1 is 0.848 bits per heavy atom. The Morgan fingerprint density at radius 3 is 1.98 bits per heavy atom. The lowest BCUT2D eigenvalue weighted by atomic mass is 10.1. The predicted octanol–water partition coefficient (Wildman–Crippen LogP) is 10.5. The van der Waals surface area contributed by atoms with Gasteiger partial charge >= 0.3 is 12.2 Å². The molecule has 17 heteroatoms. The summed E-state index contributed by atoms with van der Waals surface area (Å²) < 4.78 is 46.0. The molecule has 2 amide bonds. The fourth-order valence-electron chi connectivity index (χ4n) is 7.41. The zero-order valence-corrected chi connectivity index (χ0v) is 39.9. The number of nitrogens with zero attached hydrogens (tertiary/aromatic N) is 8. The lowest BCUT2D eigenvalue weighted by Gasteiger charge is -2.33. The molecule has 15 nitrogen and oxygen atoms in total. The SMILES string of the molecule is COc1ccc(CN(Cc2ccc(OC)cc2)c2cc(C)cc(-c3nc4c5c(nc(SC)nc5c3F)N(C(C)c3cccnc3N(C(=O)OC(C)(C)C)C(=O)OC(C)(C)C)CCO4)n2)cc1. The normalized spacial score (nSPS) is 13.1. The Labute approximate surface area is 388 Å². The molecule has 346 valence electrons. The molecule has 1 unspecified atom stereocenters. The van der Waals surface area contributed by atoms with Crippen LogP contribution in [0.15, 0.2) is 84.1 Å². The van der Waals surface area contributed by atoms with Gasteiger partial charge in [-0.3, -0.25) is 0 Å². The summed E-state index contributed by atoms with van der Waals surface area (Å²) in [4.78, 5) is 56.5. The van der Waals surface area contributed by atoms with E-state index in [1.165, 1.54) is 18.0 Å². The number of rotatable bonds is 12. The summed E-state index contributed by atoms with van der Waals surface area (Å²) in [6.07, 6.45) is 1.37. The number of benzene rings is 2. The molecule has 0 fully saturated rings. The highest BCUT2D eigenvalue weighted by molar-refractivity contribution is 7.98. The summed E-state index contributed by atoms with van der Waals surface area (Å²) in [5.74, 6) is 1.88. The van der Waals surface area contributed by atoms with E-state index in [-0.39, 0.29) is 41.4 Å². The highest BCUT2D eigenvalue weighted by atomic mass is 32.2. The number of aromatic nitrogens is 5. The zero-order valence-electron chi connectivity index (χ0n) is 39.1. The monoisotopic (exact) mass is 918 g/mol. The number of hydrogen-bond acceptors (Lipinski definition) is 15. The minimum absolute atomic E-state index is 0.00262. The lowest BCUT2D eigenvalue weighted by Crippen LogP contribution is -2.45. The van der Waals surface area contributed by atoms with Gasteiger partial charge in [-0.1, -0.05) is 42.1 Å². The third-order valence-electron chi connectivity index (χ3n) is 10.4. The van der Waals surface area contributed by atoms with Crippen LogP contribution in [0.5, 0.6) is 17.4 Å². The van der Waals surface area contributed by atoms with E-state index in [4.69, 9.17) is 43.6 Å². The maximum atomic E-state index is 17.5. The van der Waals surface area contributed by atoms with Gasteiger partial charge in [0.05, 0.1) is 32.5 Å². The average Bonchev–Trinajstić information content (AvgIpc) is 3.45. The Bertz CT molecular complexity index is 2650. The largest absolute Gasteiger partial charge is 0.497 e. The van der Waals surface area contributed by atoms with Crippen molar-refractivity contribution in [3.63, 3.8) is 0 Å². The van der Waals surface area contributed by atoms with Crippen molar-refractivity contribution >= 4 is 52.3 Å². The fraction of sp³-hybridized carbons (Fsp3) is 0.367. The molecule has 0 spiro atoms. The first-order valence-corrected chi connectivity index (χ1v) is 22.6. The predicted molar refractivity (Wildman–Crippen MR) is 253 cm³/mol. The van der Waals surface area contributed by atoms with Gasteiger partial charge in [-0.25, -0.2) is 38.9 Å². The summed E-state index contributed by atoms with van der Waals surface area (Å²) in [5, 5.41) is 0.561. The van der Waals surface area contributed by atoms with Gasteiger partial charge in [-0.05, 0) is 121 Å². The van der Waals surface area contributed by atoms with Gasteiger partial charge in [0.25, 0.3) is 0 Å². The van der Waals surface area contributed by atoms with Crippen LogP contribution in [-0.2, 0) is 22.6 Å². The van der Waals surface area contributed by atoms with Crippen molar-refractivity contribution in [3.8, 4) is 28.8 Å². The Balaban J connectivity index is 1.32. The molecular formula is C49H55FN8O7S. The molecule has 6 aromatic rings. The summed E-state index contributed by atoms with van der Waals surface area (Å²) in [6, 6.07) is 22.3. The van der Waals surface area contributed by atoms with E-state index >= 15 is 4.39 Å². The van der Waals surface area contributed by atoms with Crippen LogP contribution in [0.2, 0.25) is 0 Å². The first-order valence-electron chi connectivity index (χ1n) is 21.4. The molecule has 2 aromatic carbocycles. The lowest BCUT2D eigenvalue weighted by molar-refractivity contribution is 0.0428. The molecule has 0 radical (unpaired) electrons. The van der Waals surface area contributed by atoms with Crippen molar-refractivity contribution in [3.05, 3.63) is 107 Å². The average molecular weight is 919 g/mol. The van der Waals surface area contributed by atoms with Gasteiger partial charge in [0.2, 0.25) is 5.88 Å². The molecule has 4 aromatic heterocycles. The van der Waals surface area contributed by atoms with Crippen molar-refractivity contribution in [2.75, 3.05) is 48.3 Å². The van der Waals surface area contributed by atoms with Gasteiger partial charge in [-0.15, -0.1) is 0 Å². The van der Waals surface area contributed by atoms with Crippen LogP contribution in [0.3, 0.4) is 0 Å². The minimum Gasteiger partial charge on any atom is -0.497 e. The second kappa shape index (κ2) is 19.4. The van der Waals surface area contributed by atoms with Crippen molar-refractivity contribution in [2.24, 2.45) is 0 Å². The molecule has 0 saturated heterocycles. The van der Waals surface area contributed by atoms with Gasteiger partial charge in [-0.2, -0.15) is 4.90 Å². The van der Waals surface area contributed by atoms with E-state index in [9.17, 15) is 9.59 Å². The van der Waals surface area contributed by atoms with E-state index in [1.54, 1.807) is 74.0 Å². The van der Waals surface area contributed by atoms with Crippen LogP contribution in [0.1, 0.15) is 76.8 Å². The number of imide groups is 1. The molecule has 0 saturated carbocycles. The summed E-state index contributed by atoms with van der Waals surface area (Å²) in [7, 11) is 3.26. The number of carbonyl (C=O) groups excluding carboxylic acids is 2. The molecule has 7 rings (SSSR count). The van der Waals surface area contributed by atoms with Crippen LogP contribution >= 0.6 is 11.8 Å². The summed E-state index contributed by atoms with van der Waals surface area (Å²) in [5.41, 5.74) is 1.72. The zero-order chi connectivity index (χ0) is 47.5. The van der Waals surface area contributed by atoms with Gasteiger partial charge in [0.1, 0.15) is 57.5 Å². The van der Waals surface area contributed by atoms with Crippen molar-refractivity contribution < 1.29 is 37.7 Å². The van der Waals surface area contributed by atoms with E-state index < -0.39 is 35.2 Å². The molecule has 0 N–H and O–H groups in total. The molecule has 1 aliphatic rings. The number of halogens is 1. The van der Waals surface area contributed by atoms with Gasteiger partial charge in [0.15, 0.2) is 16.8 Å². The smallest absolute Gasteiger partial charge is 0.425 e. The number of amides is 2. The molecule has 0 bridgehead atoms. The molecule has 1 aliphatic heterocycles. The second-order valence-corrected chi connectivity index (χ2v) is 18.5. The minimum atomic E-state index is -0.959. The van der Waals surface area contributed by atoms with E-state index in [2.05, 4.69) is 9.88 Å². The van der Waals surface area contributed by atoms with Crippen LogP contribution < -0.4 is 28.9 Å². The number of aryl methyl sites for hydroxylation is 1. The molecular weight excluding hydrogens is 864 g/mol. The van der Waals surface area contributed by atoms with E-state index in [0.29, 0.717) is 41.1 Å². The van der Waals surface area contributed by atoms with Gasteiger partial charge < -0.3 is 33.5 Å². The highest BCUT2D eigenvalue weighted by Gasteiger charge is 2.38. The summed E-state index contributed by atoms with van der Waals surface area (Å²) >= 11 is 1.25.